The van der Waals surface area contributed by atoms with E-state index in [9.17, 15) is 0 Å². The zero-order valence-corrected chi connectivity index (χ0v) is 12.8. The van der Waals surface area contributed by atoms with Crippen molar-refractivity contribution < 1.29 is 10.1 Å². The lowest BCUT2D eigenvalue weighted by Gasteiger charge is -2.09. The van der Waals surface area contributed by atoms with Gasteiger partial charge in [-0.1, -0.05) is 39.3 Å². The highest BCUT2D eigenvalue weighted by Gasteiger charge is 2.01. The lowest BCUT2D eigenvalue weighted by atomic mass is 10.0. The molecular weight excluding hydrogens is 234 g/mol. The smallest absolute Gasteiger partial charge is 0.119 e. The van der Waals surface area contributed by atoms with E-state index in [0.717, 1.165) is 18.8 Å². The molecule has 19 heavy (non-hydrogen) atoms. The quantitative estimate of drug-likeness (QED) is 0.644. The zero-order valence-electron chi connectivity index (χ0n) is 12.8. The van der Waals surface area contributed by atoms with Crippen LogP contribution in [0.15, 0.2) is 24.3 Å². The van der Waals surface area contributed by atoms with Gasteiger partial charge < -0.3 is 10.1 Å². The van der Waals surface area contributed by atoms with E-state index >= 15 is 0 Å². The van der Waals surface area contributed by atoms with Gasteiger partial charge >= 0.3 is 0 Å². The van der Waals surface area contributed by atoms with Crippen molar-refractivity contribution in [2.75, 3.05) is 19.7 Å². The summed E-state index contributed by atoms with van der Waals surface area (Å²) < 4.78 is 5.81. The van der Waals surface area contributed by atoms with Crippen LogP contribution in [0.5, 0.6) is 5.75 Å². The Balaban J connectivity index is 2.10. The summed E-state index contributed by atoms with van der Waals surface area (Å²) in [4.78, 5) is 0. The fourth-order valence-corrected chi connectivity index (χ4v) is 2.04. The molecule has 1 aromatic rings. The Bertz CT molecular complexity index is 336. The number of hydrogen-bond acceptors (Lipinski definition) is 1. The average molecular weight is 264 g/mol. The second kappa shape index (κ2) is 9.85. The number of hydrogen-bond donors (Lipinski definition) is 1. The van der Waals surface area contributed by atoms with Crippen LogP contribution in [0.1, 0.15) is 57.9 Å². The van der Waals surface area contributed by atoms with Crippen LogP contribution in [0.4, 0.5) is 0 Å². The van der Waals surface area contributed by atoms with Crippen molar-refractivity contribution in [1.82, 2.24) is 0 Å². The first kappa shape index (κ1) is 16.0. The largest absolute Gasteiger partial charge is 0.494 e. The molecule has 0 aliphatic heterocycles. The van der Waals surface area contributed by atoms with E-state index in [0.29, 0.717) is 5.92 Å². The van der Waals surface area contributed by atoms with Crippen molar-refractivity contribution in [3.05, 3.63) is 29.8 Å². The molecule has 0 fully saturated rings. The minimum atomic E-state index is 0.566. The molecule has 0 saturated heterocycles. The Kier molecular flexibility index (Phi) is 8.31. The number of benzene rings is 1. The van der Waals surface area contributed by atoms with Gasteiger partial charge in [0, 0.05) is 0 Å². The van der Waals surface area contributed by atoms with Crippen LogP contribution in [-0.4, -0.2) is 19.7 Å². The predicted molar refractivity (Wildman–Crippen MR) is 81.8 cm³/mol. The predicted octanol–water partition coefficient (Wildman–Crippen LogP) is 3.33. The molecule has 0 unspecified atom stereocenters. The highest BCUT2D eigenvalue weighted by molar-refractivity contribution is 5.30. The van der Waals surface area contributed by atoms with Crippen LogP contribution < -0.4 is 10.1 Å². The third kappa shape index (κ3) is 7.22. The van der Waals surface area contributed by atoms with E-state index in [1.54, 1.807) is 0 Å². The number of nitrogens with two attached hydrogens (primary N) is 1. The molecule has 2 N–H and O–H groups in total. The summed E-state index contributed by atoms with van der Waals surface area (Å²) in [5.41, 5.74) is 1.35. The lowest BCUT2D eigenvalue weighted by Crippen LogP contribution is -2.84. The number of rotatable bonds is 10. The summed E-state index contributed by atoms with van der Waals surface area (Å²) in [6.07, 6.45) is 5.02. The molecule has 1 rings (SSSR count). The third-order valence-corrected chi connectivity index (χ3v) is 3.36. The van der Waals surface area contributed by atoms with Gasteiger partial charge in [-0.3, -0.25) is 0 Å². The van der Waals surface area contributed by atoms with Gasteiger partial charge in [0.25, 0.3) is 0 Å². The molecule has 0 spiro atoms. The van der Waals surface area contributed by atoms with Crippen LogP contribution in [0, 0.1) is 0 Å². The summed E-state index contributed by atoms with van der Waals surface area (Å²) in [6, 6.07) is 8.47. The van der Waals surface area contributed by atoms with Crippen molar-refractivity contribution >= 4 is 0 Å². The average Bonchev–Trinajstić information content (AvgIpc) is 2.42. The minimum absolute atomic E-state index is 0.566. The molecule has 1 aromatic carbocycles. The molecule has 0 radical (unpaired) electrons. The van der Waals surface area contributed by atoms with Crippen LogP contribution in [0.25, 0.3) is 0 Å². The van der Waals surface area contributed by atoms with Crippen LogP contribution >= 0.6 is 0 Å². The maximum atomic E-state index is 5.81. The molecule has 0 amide bonds. The fourth-order valence-electron chi connectivity index (χ4n) is 2.04. The highest BCUT2D eigenvalue weighted by Crippen LogP contribution is 2.20. The van der Waals surface area contributed by atoms with E-state index in [2.05, 4.69) is 50.4 Å². The second-order valence-electron chi connectivity index (χ2n) is 5.50. The van der Waals surface area contributed by atoms with Crippen molar-refractivity contribution in [2.24, 2.45) is 0 Å². The Morgan fingerprint density at radius 2 is 1.89 bits per heavy atom. The Morgan fingerprint density at radius 1 is 1.11 bits per heavy atom. The third-order valence-electron chi connectivity index (χ3n) is 3.36. The van der Waals surface area contributed by atoms with Crippen LogP contribution in [0.2, 0.25) is 0 Å². The van der Waals surface area contributed by atoms with Crippen LogP contribution in [0.3, 0.4) is 0 Å². The molecule has 0 aromatic heterocycles. The first-order valence-electron chi connectivity index (χ1n) is 7.78. The summed E-state index contributed by atoms with van der Waals surface area (Å²) in [6.45, 7) is 10.0. The standard InChI is InChI=1S/C17H29NO/c1-4-5-11-18-12-6-7-13-19-17-10-8-9-16(14-17)15(2)3/h8-10,14-15,18H,4-7,11-13H2,1-3H3/p+1. The normalized spacial score (nSPS) is 10.9. The number of quaternary nitrogens is 1. The van der Waals surface area contributed by atoms with Crippen molar-refractivity contribution in [1.29, 1.82) is 0 Å². The lowest BCUT2D eigenvalue weighted by molar-refractivity contribution is -0.655. The van der Waals surface area contributed by atoms with Crippen molar-refractivity contribution in [3.63, 3.8) is 0 Å². The monoisotopic (exact) mass is 264 g/mol. The Hall–Kier alpha value is -1.02. The highest BCUT2D eigenvalue weighted by atomic mass is 16.5. The number of ether oxygens (including phenoxy) is 1. The van der Waals surface area contributed by atoms with Gasteiger partial charge in [0.15, 0.2) is 0 Å². The molecule has 2 nitrogen and oxygen atoms in total. The van der Waals surface area contributed by atoms with Gasteiger partial charge in [0.2, 0.25) is 0 Å². The molecule has 0 aliphatic carbocycles. The molecule has 0 saturated carbocycles. The van der Waals surface area contributed by atoms with Gasteiger partial charge in [-0.15, -0.1) is 0 Å². The van der Waals surface area contributed by atoms with Gasteiger partial charge in [0.1, 0.15) is 5.75 Å². The molecule has 2 heteroatoms. The van der Waals surface area contributed by atoms with Gasteiger partial charge in [-0.25, -0.2) is 0 Å². The molecule has 0 heterocycles. The van der Waals surface area contributed by atoms with Gasteiger partial charge in [-0.05, 0) is 42.9 Å². The Labute approximate surface area is 118 Å². The first-order valence-corrected chi connectivity index (χ1v) is 7.78. The topological polar surface area (TPSA) is 25.8 Å². The van der Waals surface area contributed by atoms with E-state index < -0.39 is 0 Å². The van der Waals surface area contributed by atoms with E-state index in [1.165, 1.54) is 37.9 Å². The Morgan fingerprint density at radius 3 is 2.63 bits per heavy atom. The molecular formula is C17H30NO+. The maximum Gasteiger partial charge on any atom is 0.119 e. The minimum Gasteiger partial charge on any atom is -0.494 e. The van der Waals surface area contributed by atoms with E-state index in [4.69, 9.17) is 4.74 Å². The van der Waals surface area contributed by atoms with Gasteiger partial charge in [0.05, 0.1) is 19.7 Å². The van der Waals surface area contributed by atoms with E-state index in [1.807, 2.05) is 0 Å². The van der Waals surface area contributed by atoms with Gasteiger partial charge in [-0.2, -0.15) is 0 Å². The maximum absolute atomic E-state index is 5.81. The molecule has 0 bridgehead atoms. The summed E-state index contributed by atoms with van der Waals surface area (Å²) >= 11 is 0. The zero-order chi connectivity index (χ0) is 13.9. The number of unbranched alkanes of at least 4 members (excludes halogenated alkanes) is 2. The van der Waals surface area contributed by atoms with E-state index in [-0.39, 0.29) is 0 Å². The second-order valence-corrected chi connectivity index (χ2v) is 5.50. The summed E-state index contributed by atoms with van der Waals surface area (Å²) in [5, 5.41) is 2.42. The van der Waals surface area contributed by atoms with Crippen LogP contribution in [-0.2, 0) is 0 Å². The molecule has 0 aliphatic rings. The van der Waals surface area contributed by atoms with Crippen molar-refractivity contribution in [3.8, 4) is 5.75 Å². The SMILES string of the molecule is CCCC[NH2+]CCCCOc1cccc(C(C)C)c1. The molecule has 0 atom stereocenters. The van der Waals surface area contributed by atoms with Crippen molar-refractivity contribution in [2.45, 2.75) is 52.4 Å². The fraction of sp³-hybridized carbons (Fsp3) is 0.647. The molecule has 108 valence electrons. The summed E-state index contributed by atoms with van der Waals surface area (Å²) in [7, 11) is 0. The summed E-state index contributed by atoms with van der Waals surface area (Å²) in [5.74, 6) is 1.58. The first-order chi connectivity index (χ1) is 9.24.